The fourth-order valence-corrected chi connectivity index (χ4v) is 2.13. The zero-order valence-electron chi connectivity index (χ0n) is 11.0. The van der Waals surface area contributed by atoms with Crippen LogP contribution in [0.4, 0.5) is 4.39 Å². The van der Waals surface area contributed by atoms with Crippen LogP contribution in [0, 0.1) is 12.7 Å². The van der Waals surface area contributed by atoms with E-state index < -0.39 is 0 Å². The average Bonchev–Trinajstić information content (AvgIpc) is 2.44. The van der Waals surface area contributed by atoms with E-state index in [1.807, 2.05) is 31.2 Å². The lowest BCUT2D eigenvalue weighted by Crippen LogP contribution is -2.21. The van der Waals surface area contributed by atoms with Gasteiger partial charge in [-0.3, -0.25) is 9.36 Å². The fourth-order valence-electron chi connectivity index (χ4n) is 2.13. The molecule has 3 nitrogen and oxygen atoms in total. The molecule has 0 aliphatic heterocycles. The van der Waals surface area contributed by atoms with Crippen molar-refractivity contribution in [2.45, 2.75) is 13.5 Å². The number of hydrogen-bond donors (Lipinski definition) is 0. The molecule has 1 aromatic heterocycles. The minimum atomic E-state index is -0.388. The highest BCUT2D eigenvalue weighted by atomic mass is 19.1. The Balaban J connectivity index is 2.04. The summed E-state index contributed by atoms with van der Waals surface area (Å²) in [6.07, 6.45) is 1.46. The van der Waals surface area contributed by atoms with E-state index in [2.05, 4.69) is 4.98 Å². The van der Waals surface area contributed by atoms with Crippen molar-refractivity contribution in [2.24, 2.45) is 0 Å². The number of hydrogen-bond acceptors (Lipinski definition) is 2. The molecule has 0 bridgehead atoms. The van der Waals surface area contributed by atoms with Crippen LogP contribution < -0.4 is 5.56 Å². The van der Waals surface area contributed by atoms with E-state index in [0.717, 1.165) is 5.56 Å². The Bertz CT molecular complexity index is 822. The van der Waals surface area contributed by atoms with Crippen molar-refractivity contribution in [3.8, 4) is 0 Å². The third kappa shape index (κ3) is 2.32. The molecule has 0 spiro atoms. The molecule has 0 N–H and O–H groups in total. The Labute approximate surface area is 115 Å². The number of nitrogens with zero attached hydrogens (tertiary/aromatic N) is 2. The third-order valence-corrected chi connectivity index (χ3v) is 3.26. The van der Waals surface area contributed by atoms with Gasteiger partial charge in [-0.1, -0.05) is 29.8 Å². The number of aromatic nitrogens is 2. The molecule has 0 fully saturated rings. The second kappa shape index (κ2) is 4.89. The van der Waals surface area contributed by atoms with Crippen LogP contribution >= 0.6 is 0 Å². The fraction of sp³-hybridized carbons (Fsp3) is 0.125. The van der Waals surface area contributed by atoms with Crippen LogP contribution in [0.25, 0.3) is 10.9 Å². The van der Waals surface area contributed by atoms with Gasteiger partial charge in [0.05, 0.1) is 23.8 Å². The SMILES string of the molecule is Cc1ccc(Cn2cnc3cc(F)ccc3c2=O)cc1. The van der Waals surface area contributed by atoms with Gasteiger partial charge >= 0.3 is 0 Å². The van der Waals surface area contributed by atoms with Gasteiger partial charge in [-0.05, 0) is 24.6 Å². The van der Waals surface area contributed by atoms with E-state index >= 15 is 0 Å². The second-order valence-corrected chi connectivity index (χ2v) is 4.82. The quantitative estimate of drug-likeness (QED) is 0.716. The van der Waals surface area contributed by atoms with Crippen LogP contribution in [-0.4, -0.2) is 9.55 Å². The van der Waals surface area contributed by atoms with E-state index in [0.29, 0.717) is 17.4 Å². The number of fused-ring (bicyclic) bond motifs is 1. The van der Waals surface area contributed by atoms with Crippen LogP contribution in [0.1, 0.15) is 11.1 Å². The number of rotatable bonds is 2. The second-order valence-electron chi connectivity index (χ2n) is 4.82. The Kier molecular flexibility index (Phi) is 3.06. The maximum Gasteiger partial charge on any atom is 0.261 e. The van der Waals surface area contributed by atoms with Crippen LogP contribution in [0.5, 0.6) is 0 Å². The first-order chi connectivity index (χ1) is 9.63. The molecule has 0 aliphatic carbocycles. The molecule has 3 rings (SSSR count). The third-order valence-electron chi connectivity index (χ3n) is 3.26. The largest absolute Gasteiger partial charge is 0.294 e. The zero-order chi connectivity index (χ0) is 14.1. The van der Waals surface area contributed by atoms with E-state index in [1.165, 1.54) is 34.7 Å². The molecule has 2 aromatic carbocycles. The summed E-state index contributed by atoms with van der Waals surface area (Å²) in [4.78, 5) is 16.5. The molecule has 100 valence electrons. The molecular formula is C16H13FN2O. The highest BCUT2D eigenvalue weighted by molar-refractivity contribution is 5.77. The first-order valence-electron chi connectivity index (χ1n) is 6.34. The highest BCUT2D eigenvalue weighted by Crippen LogP contribution is 2.10. The molecule has 0 saturated carbocycles. The van der Waals surface area contributed by atoms with Gasteiger partial charge in [0, 0.05) is 6.07 Å². The average molecular weight is 268 g/mol. The number of halogens is 1. The van der Waals surface area contributed by atoms with Crippen molar-refractivity contribution >= 4 is 10.9 Å². The Hall–Kier alpha value is -2.49. The number of aryl methyl sites for hydroxylation is 1. The molecule has 0 radical (unpaired) electrons. The molecule has 20 heavy (non-hydrogen) atoms. The summed E-state index contributed by atoms with van der Waals surface area (Å²) < 4.78 is 14.6. The summed E-state index contributed by atoms with van der Waals surface area (Å²) in [6, 6.07) is 12.0. The van der Waals surface area contributed by atoms with Crippen LogP contribution in [-0.2, 0) is 6.54 Å². The van der Waals surface area contributed by atoms with E-state index in [1.54, 1.807) is 0 Å². The summed E-state index contributed by atoms with van der Waals surface area (Å²) in [5.74, 6) is -0.388. The predicted molar refractivity (Wildman–Crippen MR) is 76.2 cm³/mol. The lowest BCUT2D eigenvalue weighted by atomic mass is 10.1. The molecule has 0 saturated heterocycles. The smallest absolute Gasteiger partial charge is 0.261 e. The van der Waals surface area contributed by atoms with Gasteiger partial charge in [-0.15, -0.1) is 0 Å². The standard InChI is InChI=1S/C16H13FN2O/c1-11-2-4-12(5-3-11)9-19-10-18-15-8-13(17)6-7-14(15)16(19)20/h2-8,10H,9H2,1H3. The van der Waals surface area contributed by atoms with Gasteiger partial charge < -0.3 is 0 Å². The maximum absolute atomic E-state index is 13.1. The highest BCUT2D eigenvalue weighted by Gasteiger charge is 2.05. The summed E-state index contributed by atoms with van der Waals surface area (Å²) in [7, 11) is 0. The van der Waals surface area contributed by atoms with Crippen molar-refractivity contribution in [2.75, 3.05) is 0 Å². The molecule has 3 aromatic rings. The van der Waals surface area contributed by atoms with E-state index in [-0.39, 0.29) is 11.4 Å². The first-order valence-corrected chi connectivity index (χ1v) is 6.34. The van der Waals surface area contributed by atoms with Gasteiger partial charge in [-0.2, -0.15) is 0 Å². The molecule has 0 atom stereocenters. The van der Waals surface area contributed by atoms with E-state index in [4.69, 9.17) is 0 Å². The Morgan fingerprint density at radius 3 is 2.65 bits per heavy atom. The summed E-state index contributed by atoms with van der Waals surface area (Å²) in [5, 5.41) is 0.431. The van der Waals surface area contributed by atoms with Crippen molar-refractivity contribution in [3.63, 3.8) is 0 Å². The topological polar surface area (TPSA) is 34.9 Å². The zero-order valence-corrected chi connectivity index (χ0v) is 11.0. The number of benzene rings is 2. The molecule has 0 amide bonds. The van der Waals surface area contributed by atoms with Crippen molar-refractivity contribution < 1.29 is 4.39 Å². The lowest BCUT2D eigenvalue weighted by Gasteiger charge is -2.07. The Morgan fingerprint density at radius 1 is 1.15 bits per heavy atom. The van der Waals surface area contributed by atoms with Crippen LogP contribution in [0.2, 0.25) is 0 Å². The molecule has 0 aliphatic rings. The van der Waals surface area contributed by atoms with Gasteiger partial charge in [0.25, 0.3) is 5.56 Å². The van der Waals surface area contributed by atoms with Crippen molar-refractivity contribution in [1.29, 1.82) is 0 Å². The predicted octanol–water partition coefficient (Wildman–Crippen LogP) is 2.89. The summed E-state index contributed by atoms with van der Waals surface area (Å²) in [6.45, 7) is 2.47. The molecular weight excluding hydrogens is 255 g/mol. The minimum absolute atomic E-state index is 0.157. The maximum atomic E-state index is 13.1. The molecule has 4 heteroatoms. The van der Waals surface area contributed by atoms with Gasteiger partial charge in [-0.25, -0.2) is 9.37 Å². The lowest BCUT2D eigenvalue weighted by molar-refractivity contribution is 0.629. The molecule has 1 heterocycles. The first kappa shape index (κ1) is 12.5. The monoisotopic (exact) mass is 268 g/mol. The normalized spacial score (nSPS) is 10.9. The van der Waals surface area contributed by atoms with Crippen molar-refractivity contribution in [1.82, 2.24) is 9.55 Å². The van der Waals surface area contributed by atoms with Gasteiger partial charge in [0.2, 0.25) is 0 Å². The van der Waals surface area contributed by atoms with Crippen LogP contribution in [0.15, 0.2) is 53.6 Å². The van der Waals surface area contributed by atoms with Crippen LogP contribution in [0.3, 0.4) is 0 Å². The van der Waals surface area contributed by atoms with Gasteiger partial charge in [0.1, 0.15) is 5.82 Å². The van der Waals surface area contributed by atoms with E-state index in [9.17, 15) is 9.18 Å². The van der Waals surface area contributed by atoms with Gasteiger partial charge in [0.15, 0.2) is 0 Å². The summed E-state index contributed by atoms with van der Waals surface area (Å²) in [5.41, 5.74) is 2.43. The van der Waals surface area contributed by atoms with Crippen molar-refractivity contribution in [3.05, 3.63) is 76.1 Å². The molecule has 0 unspecified atom stereocenters. The summed E-state index contributed by atoms with van der Waals surface area (Å²) >= 11 is 0. The minimum Gasteiger partial charge on any atom is -0.294 e. The Morgan fingerprint density at radius 2 is 1.90 bits per heavy atom.